The van der Waals surface area contributed by atoms with Gasteiger partial charge in [0, 0.05) is 6.20 Å². The van der Waals surface area contributed by atoms with Gasteiger partial charge in [-0.25, -0.2) is 19.3 Å². The Morgan fingerprint density at radius 3 is 2.88 bits per heavy atom. The van der Waals surface area contributed by atoms with Gasteiger partial charge in [0.05, 0.1) is 19.7 Å². The molecule has 7 nitrogen and oxygen atoms in total. The van der Waals surface area contributed by atoms with Crippen molar-refractivity contribution < 1.29 is 13.7 Å². The normalized spacial score (nSPS) is 11.0. The summed E-state index contributed by atoms with van der Waals surface area (Å²) in [6.45, 7) is 0. The van der Waals surface area contributed by atoms with Gasteiger partial charge < -0.3 is 9.15 Å². The minimum absolute atomic E-state index is 0.213. The topological polar surface area (TPSA) is 74.0 Å². The molecule has 124 valence electrons. The Hall–Kier alpha value is -3.48. The first-order valence-corrected chi connectivity index (χ1v) is 7.64. The molecule has 1 aromatic carbocycles. The third-order valence-corrected chi connectivity index (χ3v) is 3.87. The Morgan fingerprint density at radius 1 is 1.24 bits per heavy atom. The second kappa shape index (κ2) is 5.86. The van der Waals surface area contributed by atoms with E-state index in [1.165, 1.54) is 7.11 Å². The van der Waals surface area contributed by atoms with Crippen molar-refractivity contribution in [1.29, 1.82) is 0 Å². The van der Waals surface area contributed by atoms with Crippen LogP contribution in [-0.4, -0.2) is 21.6 Å². The lowest BCUT2D eigenvalue weighted by Gasteiger charge is -2.06. The molecule has 0 amide bonds. The van der Waals surface area contributed by atoms with Gasteiger partial charge in [-0.3, -0.25) is 0 Å². The van der Waals surface area contributed by atoms with Crippen LogP contribution in [0.1, 0.15) is 0 Å². The molecule has 0 aliphatic carbocycles. The van der Waals surface area contributed by atoms with Gasteiger partial charge in [-0.05, 0) is 24.3 Å². The number of benzene rings is 1. The van der Waals surface area contributed by atoms with Gasteiger partial charge in [0.25, 0.3) is 0 Å². The van der Waals surface area contributed by atoms with Crippen LogP contribution in [0.3, 0.4) is 0 Å². The number of rotatable bonds is 3. The van der Waals surface area contributed by atoms with Crippen LogP contribution in [0.2, 0.25) is 0 Å². The Labute approximate surface area is 142 Å². The molecule has 0 fully saturated rings. The highest BCUT2D eigenvalue weighted by Crippen LogP contribution is 2.26. The molecule has 0 aliphatic heterocycles. The van der Waals surface area contributed by atoms with Crippen LogP contribution >= 0.6 is 0 Å². The van der Waals surface area contributed by atoms with Crippen LogP contribution in [0.5, 0.6) is 5.75 Å². The minimum Gasteiger partial charge on any atom is -0.496 e. The number of nitrogens with zero attached hydrogens (tertiary/aromatic N) is 4. The summed E-state index contributed by atoms with van der Waals surface area (Å²) in [6.07, 6.45) is 7.32. The zero-order chi connectivity index (χ0) is 17.4. The van der Waals surface area contributed by atoms with Crippen molar-refractivity contribution in [1.82, 2.24) is 14.5 Å². The van der Waals surface area contributed by atoms with Crippen molar-refractivity contribution >= 4 is 10.9 Å². The fraction of sp³-hybridized carbons (Fsp3) is 0.111. The number of aryl methyl sites for hydroxylation is 1. The predicted octanol–water partition coefficient (Wildman–Crippen LogP) is 1.87. The monoisotopic (exact) mass is 335 g/mol. The third kappa shape index (κ3) is 2.55. The summed E-state index contributed by atoms with van der Waals surface area (Å²) in [5.74, 6) is 1.28. The van der Waals surface area contributed by atoms with E-state index in [-0.39, 0.29) is 5.89 Å². The Kier molecular flexibility index (Phi) is 3.53. The van der Waals surface area contributed by atoms with E-state index in [0.29, 0.717) is 28.0 Å². The number of hydrogen-bond donors (Lipinski definition) is 0. The molecular weight excluding hydrogens is 320 g/mol. The van der Waals surface area contributed by atoms with E-state index in [1.807, 2.05) is 41.0 Å². The maximum atomic E-state index is 12.5. The molecule has 7 heteroatoms. The van der Waals surface area contributed by atoms with E-state index in [0.717, 1.165) is 0 Å². The standard InChI is InChI=1S/C18H15N4O3/c1-21-9-10-22(11-21)16-12(5-4-8-19-16)17-20-13-6-3-7-14(24-2)15(13)18(23)25-17/h3-11H,1-2H3/q+1. The SMILES string of the molecule is COc1cccc2nc(-c3cccnc3-n3cc[n+](C)c3)oc(=O)c12. The smallest absolute Gasteiger partial charge is 0.350 e. The van der Waals surface area contributed by atoms with Crippen LogP contribution in [0.15, 0.2) is 64.5 Å². The highest BCUT2D eigenvalue weighted by Gasteiger charge is 2.19. The van der Waals surface area contributed by atoms with Crippen LogP contribution in [0.4, 0.5) is 0 Å². The fourth-order valence-electron chi connectivity index (χ4n) is 2.72. The van der Waals surface area contributed by atoms with E-state index in [4.69, 9.17) is 9.15 Å². The van der Waals surface area contributed by atoms with Crippen molar-refractivity contribution in [3.8, 4) is 23.0 Å². The Morgan fingerprint density at radius 2 is 2.12 bits per heavy atom. The van der Waals surface area contributed by atoms with Crippen molar-refractivity contribution in [3.63, 3.8) is 0 Å². The molecule has 0 unspecified atom stereocenters. The largest absolute Gasteiger partial charge is 0.496 e. The quantitative estimate of drug-likeness (QED) is 0.534. The highest BCUT2D eigenvalue weighted by atomic mass is 16.5. The average molecular weight is 335 g/mol. The van der Waals surface area contributed by atoms with Gasteiger partial charge in [-0.1, -0.05) is 6.07 Å². The molecule has 0 radical (unpaired) electrons. The maximum absolute atomic E-state index is 12.5. The van der Waals surface area contributed by atoms with Gasteiger partial charge in [0.2, 0.25) is 18.0 Å². The Balaban J connectivity index is 1.96. The summed E-state index contributed by atoms with van der Waals surface area (Å²) < 4.78 is 14.4. The van der Waals surface area contributed by atoms with Crippen molar-refractivity contribution in [2.24, 2.45) is 7.05 Å². The van der Waals surface area contributed by atoms with Gasteiger partial charge in [-0.2, -0.15) is 4.57 Å². The summed E-state index contributed by atoms with van der Waals surface area (Å²) >= 11 is 0. The molecule has 0 atom stereocenters. The molecule has 3 aromatic heterocycles. The number of aromatic nitrogens is 4. The summed E-state index contributed by atoms with van der Waals surface area (Å²) in [4.78, 5) is 21.4. The summed E-state index contributed by atoms with van der Waals surface area (Å²) in [7, 11) is 3.42. The van der Waals surface area contributed by atoms with Gasteiger partial charge in [0.15, 0.2) is 0 Å². The molecule has 0 N–H and O–H groups in total. The number of imidazole rings is 1. The number of fused-ring (bicyclic) bond motifs is 1. The molecule has 0 saturated heterocycles. The molecule has 4 aromatic rings. The second-order valence-electron chi connectivity index (χ2n) is 5.52. The van der Waals surface area contributed by atoms with Gasteiger partial charge in [-0.15, -0.1) is 0 Å². The number of methoxy groups -OCH3 is 1. The highest BCUT2D eigenvalue weighted by molar-refractivity contribution is 5.85. The minimum atomic E-state index is -0.495. The maximum Gasteiger partial charge on any atom is 0.350 e. The van der Waals surface area contributed by atoms with E-state index >= 15 is 0 Å². The van der Waals surface area contributed by atoms with Crippen molar-refractivity contribution in [3.05, 3.63) is 65.7 Å². The first-order chi connectivity index (χ1) is 12.2. The van der Waals surface area contributed by atoms with Gasteiger partial charge in [0.1, 0.15) is 29.1 Å². The molecule has 0 saturated carbocycles. The predicted molar refractivity (Wildman–Crippen MR) is 90.6 cm³/mol. The van der Waals surface area contributed by atoms with E-state index in [1.54, 1.807) is 30.5 Å². The summed E-state index contributed by atoms with van der Waals surface area (Å²) in [5, 5.41) is 0.326. The lowest BCUT2D eigenvalue weighted by atomic mass is 10.2. The fourth-order valence-corrected chi connectivity index (χ4v) is 2.72. The van der Waals surface area contributed by atoms with Gasteiger partial charge >= 0.3 is 5.63 Å². The molecule has 0 aliphatic rings. The van der Waals surface area contributed by atoms with Crippen LogP contribution in [0, 0.1) is 0 Å². The van der Waals surface area contributed by atoms with Crippen molar-refractivity contribution in [2.45, 2.75) is 0 Å². The van der Waals surface area contributed by atoms with E-state index < -0.39 is 5.63 Å². The van der Waals surface area contributed by atoms with Crippen LogP contribution in [0.25, 0.3) is 28.2 Å². The first-order valence-electron chi connectivity index (χ1n) is 7.64. The van der Waals surface area contributed by atoms with E-state index in [9.17, 15) is 4.79 Å². The zero-order valence-corrected chi connectivity index (χ0v) is 13.7. The van der Waals surface area contributed by atoms with Crippen LogP contribution < -0.4 is 14.9 Å². The first kappa shape index (κ1) is 15.1. The number of pyridine rings is 1. The number of ether oxygens (including phenoxy) is 1. The molecule has 3 heterocycles. The summed E-state index contributed by atoms with van der Waals surface area (Å²) in [5.41, 5.74) is 0.643. The van der Waals surface area contributed by atoms with E-state index in [2.05, 4.69) is 9.97 Å². The lowest BCUT2D eigenvalue weighted by molar-refractivity contribution is -0.670. The molecule has 4 rings (SSSR count). The van der Waals surface area contributed by atoms with Crippen molar-refractivity contribution in [2.75, 3.05) is 7.11 Å². The average Bonchev–Trinajstić information content (AvgIpc) is 3.07. The molecule has 0 spiro atoms. The molecule has 0 bridgehead atoms. The lowest BCUT2D eigenvalue weighted by Crippen LogP contribution is -2.23. The molecular formula is C18H15N4O3+. The Bertz CT molecular complexity index is 1130. The number of hydrogen-bond acceptors (Lipinski definition) is 5. The molecule has 25 heavy (non-hydrogen) atoms. The zero-order valence-electron chi connectivity index (χ0n) is 13.7. The summed E-state index contributed by atoms with van der Waals surface area (Å²) in [6, 6.07) is 8.84. The van der Waals surface area contributed by atoms with Crippen LogP contribution in [-0.2, 0) is 7.05 Å². The third-order valence-electron chi connectivity index (χ3n) is 3.87. The second-order valence-corrected chi connectivity index (χ2v) is 5.52.